The Morgan fingerprint density at radius 3 is 2.74 bits per heavy atom. The van der Waals surface area contributed by atoms with Crippen LogP contribution in [-0.4, -0.2) is 25.1 Å². The summed E-state index contributed by atoms with van der Waals surface area (Å²) in [5.41, 5.74) is 4.40. The molecule has 162 valence electrons. The molecule has 1 aromatic heterocycles. The minimum atomic E-state index is -0.889. The SMILES string of the molecule is NC(=O)CCn1c(=O)nc(Nc2ccc(O)c(F)c2)n(CC2=CCC=C(Cl)C=C2)c1=O. The van der Waals surface area contributed by atoms with Crippen LogP contribution in [0.5, 0.6) is 5.75 Å². The summed E-state index contributed by atoms with van der Waals surface area (Å²) in [7, 11) is 0. The van der Waals surface area contributed by atoms with E-state index in [1.165, 1.54) is 10.6 Å². The number of nitrogens with zero attached hydrogens (tertiary/aromatic N) is 3. The minimum Gasteiger partial charge on any atom is -0.505 e. The summed E-state index contributed by atoms with van der Waals surface area (Å²) < 4.78 is 15.7. The number of rotatable bonds is 7. The zero-order valence-corrected chi connectivity index (χ0v) is 17.0. The largest absolute Gasteiger partial charge is 0.505 e. The number of benzene rings is 1. The van der Waals surface area contributed by atoms with Crippen molar-refractivity contribution >= 4 is 29.1 Å². The van der Waals surface area contributed by atoms with Gasteiger partial charge in [-0.2, -0.15) is 4.98 Å². The fraction of sp³-hybridized carbons (Fsp3) is 0.200. The first-order valence-electron chi connectivity index (χ1n) is 9.23. The molecule has 0 aliphatic heterocycles. The lowest BCUT2D eigenvalue weighted by Gasteiger charge is -2.16. The van der Waals surface area contributed by atoms with Crippen LogP contribution in [-0.2, 0) is 17.9 Å². The van der Waals surface area contributed by atoms with Gasteiger partial charge in [0.05, 0.1) is 6.54 Å². The summed E-state index contributed by atoms with van der Waals surface area (Å²) in [5.74, 6) is -2.23. The average molecular weight is 448 g/mol. The lowest BCUT2D eigenvalue weighted by Crippen LogP contribution is -2.43. The van der Waals surface area contributed by atoms with Crippen molar-refractivity contribution in [3.05, 3.63) is 79.9 Å². The maximum Gasteiger partial charge on any atom is 0.354 e. The fourth-order valence-electron chi connectivity index (χ4n) is 2.84. The summed E-state index contributed by atoms with van der Waals surface area (Å²) in [6.07, 6.45) is 7.36. The first-order chi connectivity index (χ1) is 14.7. The minimum absolute atomic E-state index is 0.0279. The Kier molecular flexibility index (Phi) is 6.71. The number of hydrogen-bond acceptors (Lipinski definition) is 6. The molecule has 0 spiro atoms. The Bertz CT molecular complexity index is 1230. The highest BCUT2D eigenvalue weighted by Gasteiger charge is 2.16. The van der Waals surface area contributed by atoms with Gasteiger partial charge in [-0.1, -0.05) is 29.8 Å². The van der Waals surface area contributed by atoms with Gasteiger partial charge in [0.2, 0.25) is 11.9 Å². The highest BCUT2D eigenvalue weighted by molar-refractivity contribution is 6.31. The number of anilines is 2. The van der Waals surface area contributed by atoms with Crippen molar-refractivity contribution in [1.29, 1.82) is 0 Å². The highest BCUT2D eigenvalue weighted by Crippen LogP contribution is 2.22. The lowest BCUT2D eigenvalue weighted by atomic mass is 10.2. The summed E-state index contributed by atoms with van der Waals surface area (Å²) in [4.78, 5) is 40.5. The molecule has 1 heterocycles. The zero-order valence-electron chi connectivity index (χ0n) is 16.2. The lowest BCUT2D eigenvalue weighted by molar-refractivity contribution is -0.118. The average Bonchev–Trinajstić information content (AvgIpc) is 2.91. The Balaban J connectivity index is 2.05. The predicted molar refractivity (Wildman–Crippen MR) is 114 cm³/mol. The van der Waals surface area contributed by atoms with Gasteiger partial charge in [0.1, 0.15) is 0 Å². The van der Waals surface area contributed by atoms with Gasteiger partial charge in [0.25, 0.3) is 0 Å². The van der Waals surface area contributed by atoms with E-state index < -0.39 is 28.9 Å². The van der Waals surface area contributed by atoms with Crippen molar-refractivity contribution in [3.8, 4) is 5.75 Å². The summed E-state index contributed by atoms with van der Waals surface area (Å²) in [5, 5.41) is 12.6. The first-order valence-corrected chi connectivity index (χ1v) is 9.60. The second-order valence-corrected chi connectivity index (χ2v) is 7.12. The number of phenolic OH excluding ortho intramolecular Hbond substituents is 1. The van der Waals surface area contributed by atoms with Gasteiger partial charge in [-0.05, 0) is 30.2 Å². The van der Waals surface area contributed by atoms with Crippen molar-refractivity contribution in [1.82, 2.24) is 14.1 Å². The van der Waals surface area contributed by atoms with E-state index in [-0.39, 0.29) is 31.1 Å². The molecule has 0 atom stereocenters. The molecule has 3 rings (SSSR count). The van der Waals surface area contributed by atoms with E-state index in [9.17, 15) is 23.9 Å². The van der Waals surface area contributed by atoms with Gasteiger partial charge in [0.15, 0.2) is 11.6 Å². The number of nitrogens with two attached hydrogens (primary N) is 1. The van der Waals surface area contributed by atoms with Crippen LogP contribution in [0.15, 0.2) is 62.7 Å². The van der Waals surface area contributed by atoms with Gasteiger partial charge in [-0.25, -0.2) is 18.5 Å². The van der Waals surface area contributed by atoms with Crippen molar-refractivity contribution in [2.75, 3.05) is 5.32 Å². The van der Waals surface area contributed by atoms with Crippen molar-refractivity contribution in [2.24, 2.45) is 5.73 Å². The second-order valence-electron chi connectivity index (χ2n) is 6.68. The number of aromatic hydroxyl groups is 1. The molecule has 1 aliphatic carbocycles. The van der Waals surface area contributed by atoms with Crippen LogP contribution >= 0.6 is 11.6 Å². The maximum atomic E-state index is 13.7. The summed E-state index contributed by atoms with van der Waals surface area (Å²) in [6, 6.07) is 3.49. The van der Waals surface area contributed by atoms with Crippen molar-refractivity contribution in [2.45, 2.75) is 25.9 Å². The molecule has 11 heteroatoms. The summed E-state index contributed by atoms with van der Waals surface area (Å²) in [6.45, 7) is -0.198. The molecule has 2 aromatic rings. The number of primary amides is 1. The van der Waals surface area contributed by atoms with E-state index in [1.807, 2.05) is 6.08 Å². The highest BCUT2D eigenvalue weighted by atomic mass is 35.5. The van der Waals surface area contributed by atoms with E-state index >= 15 is 0 Å². The standard InChI is InChI=1S/C20H19ClFN5O4/c21-13-3-1-2-12(4-5-13)11-27-18(24-14-6-7-16(28)15(22)10-14)25-19(30)26(20(27)31)9-8-17(23)29/h2-7,10,28H,1,8-9,11H2,(H2,23,29)(H,24,25,30). The Labute approximate surface area is 180 Å². The molecule has 31 heavy (non-hydrogen) atoms. The molecule has 0 saturated heterocycles. The molecule has 9 nitrogen and oxygen atoms in total. The third-order valence-electron chi connectivity index (χ3n) is 4.43. The molecule has 0 fully saturated rings. The van der Waals surface area contributed by atoms with Crippen LogP contribution in [0.3, 0.4) is 0 Å². The monoisotopic (exact) mass is 447 g/mol. The predicted octanol–water partition coefficient (Wildman–Crippen LogP) is 1.88. The van der Waals surface area contributed by atoms with Gasteiger partial charge in [0, 0.05) is 29.8 Å². The molecule has 0 saturated carbocycles. The molecule has 1 amide bonds. The molecule has 1 aliphatic rings. The van der Waals surface area contributed by atoms with Gasteiger partial charge < -0.3 is 16.2 Å². The van der Waals surface area contributed by atoms with Crippen LogP contribution in [0.25, 0.3) is 0 Å². The molecule has 0 unspecified atom stereocenters. The number of nitrogens with one attached hydrogen (secondary N) is 1. The number of hydrogen-bond donors (Lipinski definition) is 3. The van der Waals surface area contributed by atoms with Gasteiger partial charge >= 0.3 is 11.4 Å². The third kappa shape index (κ3) is 5.48. The maximum absolute atomic E-state index is 13.7. The Morgan fingerprint density at radius 1 is 1.26 bits per heavy atom. The quantitative estimate of drug-likeness (QED) is 0.555. The number of carbonyl (C=O) groups is 1. The zero-order chi connectivity index (χ0) is 22.5. The number of amides is 1. The Hall–Kier alpha value is -3.66. The fourth-order valence-corrected chi connectivity index (χ4v) is 2.99. The van der Waals surface area contributed by atoms with Crippen molar-refractivity contribution < 1.29 is 14.3 Å². The second kappa shape index (κ2) is 9.43. The normalized spacial score (nSPS) is 13.4. The number of halogens is 2. The first kappa shape index (κ1) is 22.0. The molecular formula is C20H19ClFN5O4. The van der Waals surface area contributed by atoms with E-state index in [0.29, 0.717) is 11.5 Å². The van der Waals surface area contributed by atoms with Crippen LogP contribution in [0, 0.1) is 5.82 Å². The molecule has 0 radical (unpaired) electrons. The summed E-state index contributed by atoms with van der Waals surface area (Å²) >= 11 is 6.01. The molecular weight excluding hydrogens is 429 g/mol. The van der Waals surface area contributed by atoms with E-state index in [1.54, 1.807) is 18.2 Å². The van der Waals surface area contributed by atoms with Gasteiger partial charge in [-0.3, -0.25) is 9.36 Å². The molecule has 0 bridgehead atoms. The van der Waals surface area contributed by atoms with Crippen LogP contribution in [0.1, 0.15) is 12.8 Å². The number of aromatic nitrogens is 3. The van der Waals surface area contributed by atoms with Crippen LogP contribution < -0.4 is 22.4 Å². The van der Waals surface area contributed by atoms with Crippen molar-refractivity contribution in [3.63, 3.8) is 0 Å². The number of allylic oxidation sites excluding steroid dienone is 6. The van der Waals surface area contributed by atoms with E-state index in [0.717, 1.165) is 22.3 Å². The van der Waals surface area contributed by atoms with Crippen LogP contribution in [0.4, 0.5) is 16.0 Å². The Morgan fingerprint density at radius 2 is 2.03 bits per heavy atom. The smallest absolute Gasteiger partial charge is 0.354 e. The third-order valence-corrected chi connectivity index (χ3v) is 4.71. The van der Waals surface area contributed by atoms with Crippen LogP contribution in [0.2, 0.25) is 0 Å². The molecule has 1 aromatic carbocycles. The van der Waals surface area contributed by atoms with E-state index in [4.69, 9.17) is 17.3 Å². The topological polar surface area (TPSA) is 132 Å². The van der Waals surface area contributed by atoms with Gasteiger partial charge in [-0.15, -0.1) is 0 Å². The number of phenols is 1. The molecule has 4 N–H and O–H groups in total. The number of carbonyl (C=O) groups excluding carboxylic acids is 1. The van der Waals surface area contributed by atoms with E-state index in [2.05, 4.69) is 10.3 Å².